The molecule has 4 fully saturated rings. The van der Waals surface area contributed by atoms with E-state index in [1.807, 2.05) is 27.7 Å². The first-order chi connectivity index (χ1) is 8.78. The van der Waals surface area contributed by atoms with E-state index in [4.69, 9.17) is 28.4 Å². The largest absolute Gasteiger partial charge is 0.361 e. The molecule has 0 saturated carbocycles. The highest BCUT2D eigenvalue weighted by molar-refractivity contribution is 5.18. The second-order valence-corrected chi connectivity index (χ2v) is 6.63. The molecule has 4 saturated heterocycles. The number of hydrogen-bond acceptors (Lipinski definition) is 6. The van der Waals surface area contributed by atoms with E-state index in [9.17, 15) is 0 Å². The average Bonchev–Trinajstić information content (AvgIpc) is 2.94. The fraction of sp³-hybridized carbons (Fsp3) is 1.00. The van der Waals surface area contributed by atoms with Crippen molar-refractivity contribution in [2.45, 2.75) is 62.9 Å². The molecule has 4 rings (SSSR count). The summed E-state index contributed by atoms with van der Waals surface area (Å²) in [5.74, 6) is -2.15. The standard InChI is InChI=1S/C13H20O6/c1-10(2)15-7-13(19-10)12(6-16-12)9-8(5-14-13)17-11(3,4)18-9/h8-9H,5-7H2,1-4H3/t8-,9-,12+,13+/m1/s1. The molecule has 108 valence electrons. The maximum Gasteiger partial charge on any atom is 0.229 e. The highest BCUT2D eigenvalue weighted by Gasteiger charge is 2.78. The zero-order chi connectivity index (χ0) is 13.5. The van der Waals surface area contributed by atoms with E-state index in [1.165, 1.54) is 0 Å². The highest BCUT2D eigenvalue weighted by Crippen LogP contribution is 2.56. The van der Waals surface area contributed by atoms with Gasteiger partial charge in [-0.25, -0.2) is 0 Å². The molecule has 4 aliphatic rings. The van der Waals surface area contributed by atoms with E-state index in [0.717, 1.165) is 0 Å². The Morgan fingerprint density at radius 1 is 0.842 bits per heavy atom. The van der Waals surface area contributed by atoms with Crippen molar-refractivity contribution >= 4 is 0 Å². The molecule has 4 heterocycles. The quantitative estimate of drug-likeness (QED) is 0.608. The number of fused-ring (bicyclic) bond motifs is 3. The molecule has 0 aromatic carbocycles. The van der Waals surface area contributed by atoms with Crippen molar-refractivity contribution in [3.05, 3.63) is 0 Å². The Morgan fingerprint density at radius 3 is 2.16 bits per heavy atom. The predicted molar refractivity (Wildman–Crippen MR) is 62.3 cm³/mol. The molecule has 4 aliphatic heterocycles. The molecule has 19 heavy (non-hydrogen) atoms. The minimum atomic E-state index is -0.874. The summed E-state index contributed by atoms with van der Waals surface area (Å²) in [6.45, 7) is 8.90. The topological polar surface area (TPSA) is 58.7 Å². The van der Waals surface area contributed by atoms with Crippen molar-refractivity contribution in [1.82, 2.24) is 0 Å². The second kappa shape index (κ2) is 3.32. The summed E-state index contributed by atoms with van der Waals surface area (Å²) in [5.41, 5.74) is -0.600. The van der Waals surface area contributed by atoms with Gasteiger partial charge in [-0.3, -0.25) is 0 Å². The molecule has 0 aliphatic carbocycles. The van der Waals surface area contributed by atoms with Crippen LogP contribution in [0.1, 0.15) is 27.7 Å². The van der Waals surface area contributed by atoms with Crippen molar-refractivity contribution in [3.8, 4) is 0 Å². The van der Waals surface area contributed by atoms with Crippen LogP contribution < -0.4 is 0 Å². The third-order valence-electron chi connectivity index (χ3n) is 4.24. The molecule has 0 bridgehead atoms. The minimum Gasteiger partial charge on any atom is -0.361 e. The number of ether oxygens (including phenoxy) is 6. The Hall–Kier alpha value is -0.240. The van der Waals surface area contributed by atoms with Gasteiger partial charge in [0.1, 0.15) is 18.8 Å². The second-order valence-electron chi connectivity index (χ2n) is 6.63. The molecule has 0 amide bonds. The van der Waals surface area contributed by atoms with Crippen molar-refractivity contribution in [2.24, 2.45) is 0 Å². The molecule has 0 aromatic heterocycles. The number of hydrogen-bond donors (Lipinski definition) is 0. The summed E-state index contributed by atoms with van der Waals surface area (Å²) >= 11 is 0. The van der Waals surface area contributed by atoms with Gasteiger partial charge in [0, 0.05) is 0 Å². The van der Waals surface area contributed by atoms with Crippen LogP contribution in [0, 0.1) is 0 Å². The van der Waals surface area contributed by atoms with Gasteiger partial charge in [0.15, 0.2) is 17.2 Å². The van der Waals surface area contributed by atoms with Gasteiger partial charge >= 0.3 is 0 Å². The molecule has 2 spiro atoms. The normalized spacial score (nSPS) is 53.7. The lowest BCUT2D eigenvalue weighted by Gasteiger charge is -2.42. The lowest BCUT2D eigenvalue weighted by molar-refractivity contribution is -0.316. The lowest BCUT2D eigenvalue weighted by Crippen LogP contribution is -2.64. The zero-order valence-electron chi connectivity index (χ0n) is 11.7. The smallest absolute Gasteiger partial charge is 0.229 e. The van der Waals surface area contributed by atoms with E-state index in [-0.39, 0.29) is 12.2 Å². The maximum atomic E-state index is 6.03. The van der Waals surface area contributed by atoms with E-state index >= 15 is 0 Å². The van der Waals surface area contributed by atoms with Crippen LogP contribution >= 0.6 is 0 Å². The summed E-state index contributed by atoms with van der Waals surface area (Å²) < 4.78 is 35.3. The van der Waals surface area contributed by atoms with E-state index < -0.39 is 23.0 Å². The van der Waals surface area contributed by atoms with Gasteiger partial charge in [0.05, 0.1) is 13.2 Å². The van der Waals surface area contributed by atoms with Crippen LogP contribution in [0.4, 0.5) is 0 Å². The third-order valence-corrected chi connectivity index (χ3v) is 4.24. The van der Waals surface area contributed by atoms with Crippen LogP contribution in [0.2, 0.25) is 0 Å². The first kappa shape index (κ1) is 12.5. The first-order valence-corrected chi connectivity index (χ1v) is 6.75. The summed E-state index contributed by atoms with van der Waals surface area (Å²) in [4.78, 5) is 0. The van der Waals surface area contributed by atoms with Crippen molar-refractivity contribution in [2.75, 3.05) is 19.8 Å². The van der Waals surface area contributed by atoms with E-state index in [2.05, 4.69) is 0 Å². The summed E-state index contributed by atoms with van der Waals surface area (Å²) in [7, 11) is 0. The molecule has 6 nitrogen and oxygen atoms in total. The van der Waals surface area contributed by atoms with Gasteiger partial charge in [-0.2, -0.15) is 0 Å². The summed E-state index contributed by atoms with van der Waals surface area (Å²) in [6, 6.07) is 0. The van der Waals surface area contributed by atoms with Gasteiger partial charge in [-0.05, 0) is 27.7 Å². The summed E-state index contributed by atoms with van der Waals surface area (Å²) in [6.07, 6.45) is -0.288. The fourth-order valence-corrected chi connectivity index (χ4v) is 3.37. The van der Waals surface area contributed by atoms with E-state index in [1.54, 1.807) is 0 Å². The van der Waals surface area contributed by atoms with Crippen LogP contribution in [0.25, 0.3) is 0 Å². The predicted octanol–water partition coefficient (Wildman–Crippen LogP) is 0.785. The SMILES string of the molecule is CC1(C)O[C@@H]2[C@@H](CO[C@]3(COC(C)(C)O3)[C@]23CO3)O1. The third kappa shape index (κ3) is 1.58. The van der Waals surface area contributed by atoms with Crippen molar-refractivity contribution in [3.63, 3.8) is 0 Å². The van der Waals surface area contributed by atoms with Gasteiger partial charge in [0.2, 0.25) is 5.79 Å². The molecular formula is C13H20O6. The fourth-order valence-electron chi connectivity index (χ4n) is 3.37. The Kier molecular flexibility index (Phi) is 2.18. The lowest BCUT2D eigenvalue weighted by atomic mass is 9.87. The van der Waals surface area contributed by atoms with Gasteiger partial charge < -0.3 is 28.4 Å². The van der Waals surface area contributed by atoms with Crippen LogP contribution in [0.3, 0.4) is 0 Å². The minimum absolute atomic E-state index is 0.115. The van der Waals surface area contributed by atoms with Crippen LogP contribution in [-0.4, -0.2) is 55.0 Å². The van der Waals surface area contributed by atoms with Crippen LogP contribution in [0.15, 0.2) is 0 Å². The van der Waals surface area contributed by atoms with Gasteiger partial charge in [-0.1, -0.05) is 0 Å². The van der Waals surface area contributed by atoms with Crippen LogP contribution in [-0.2, 0) is 28.4 Å². The van der Waals surface area contributed by atoms with Crippen LogP contribution in [0.5, 0.6) is 0 Å². The molecular weight excluding hydrogens is 252 g/mol. The highest BCUT2D eigenvalue weighted by atomic mass is 16.9. The Morgan fingerprint density at radius 2 is 1.58 bits per heavy atom. The average molecular weight is 272 g/mol. The number of rotatable bonds is 0. The zero-order valence-corrected chi connectivity index (χ0v) is 11.7. The molecule has 4 atom stereocenters. The molecule has 0 unspecified atom stereocenters. The molecule has 0 aromatic rings. The number of epoxide rings is 1. The summed E-state index contributed by atoms with van der Waals surface area (Å²) in [5, 5.41) is 0. The Bertz CT molecular complexity index is 413. The molecule has 0 radical (unpaired) electrons. The Labute approximate surface area is 112 Å². The van der Waals surface area contributed by atoms with Gasteiger partial charge in [0.25, 0.3) is 0 Å². The monoisotopic (exact) mass is 272 g/mol. The van der Waals surface area contributed by atoms with Crippen molar-refractivity contribution < 1.29 is 28.4 Å². The Balaban J connectivity index is 1.67. The van der Waals surface area contributed by atoms with Crippen molar-refractivity contribution in [1.29, 1.82) is 0 Å². The maximum absolute atomic E-state index is 6.03. The first-order valence-electron chi connectivity index (χ1n) is 6.75. The molecule has 6 heteroatoms. The van der Waals surface area contributed by atoms with Gasteiger partial charge in [-0.15, -0.1) is 0 Å². The van der Waals surface area contributed by atoms with E-state index in [0.29, 0.717) is 19.8 Å². The molecule has 0 N–H and O–H groups in total.